The van der Waals surface area contributed by atoms with Gasteiger partial charge in [-0.2, -0.15) is 0 Å². The fourth-order valence-electron chi connectivity index (χ4n) is 7.02. The van der Waals surface area contributed by atoms with Gasteiger partial charge < -0.3 is 10.1 Å². The Kier molecular flexibility index (Phi) is 10.3. The number of esters is 1. The van der Waals surface area contributed by atoms with Crippen LogP contribution in [0.15, 0.2) is 48.5 Å². The number of nitrogens with zero attached hydrogens (tertiary/aromatic N) is 3. The molecule has 1 N–H and O–H groups in total. The Morgan fingerprint density at radius 2 is 1.79 bits per heavy atom. The van der Waals surface area contributed by atoms with Crippen LogP contribution in [0.4, 0.5) is 15.8 Å². The molecule has 1 fully saturated rings. The molecule has 1 amide bonds. The first kappa shape index (κ1) is 36.4. The Labute approximate surface area is 285 Å². The third kappa shape index (κ3) is 5.80. The molecule has 1 unspecified atom stereocenters. The number of methoxy groups -OCH3 is 1. The molecule has 0 radical (unpaired) electrons. The number of nitrogens with one attached hydrogen (secondary N) is 1. The first-order valence-electron chi connectivity index (χ1n) is 14.5. The number of benzene rings is 3. The van der Waals surface area contributed by atoms with Gasteiger partial charge in [-0.05, 0) is 42.7 Å². The maximum Gasteiger partial charge on any atom is 0.338 e. The second-order valence-electron chi connectivity index (χ2n) is 12.0. The third-order valence-electron chi connectivity index (χ3n) is 8.79. The highest BCUT2D eigenvalue weighted by molar-refractivity contribution is 6.31. The number of Topliss-reactive ketones (excluding diaryl/α,β-unsaturated/α-hetero) is 1. The molecule has 4 atom stereocenters. The molecule has 0 aromatic heterocycles. The average molecular weight is 704 g/mol. The number of rotatable bonds is 9. The lowest BCUT2D eigenvalue weighted by atomic mass is 9.73. The normalized spacial score (nSPS) is 21.5. The minimum Gasteiger partial charge on any atom is -0.465 e. The SMILES string of the molecule is C.COC(=O)c1cc([N+](=O)[O-])c(C(=O)C[C@H]2C([N+](=O)[O-])[C@H](c3cccc(Cl)c3F)[C@]3(C(=O)Nc4cc(Cl)ccc43)N2CC(C)C)cc1C. The molecule has 12 nitrogen and oxygen atoms in total. The van der Waals surface area contributed by atoms with Crippen molar-refractivity contribution in [3.63, 3.8) is 0 Å². The van der Waals surface area contributed by atoms with Crippen molar-refractivity contribution in [1.29, 1.82) is 0 Å². The van der Waals surface area contributed by atoms with Crippen LogP contribution in [0.1, 0.15) is 71.0 Å². The van der Waals surface area contributed by atoms with Gasteiger partial charge in [0, 0.05) is 45.8 Å². The maximum atomic E-state index is 16.0. The number of ketones is 1. The number of aryl methyl sites for hydroxylation is 1. The smallest absolute Gasteiger partial charge is 0.338 e. The molecular weight excluding hydrogens is 670 g/mol. The number of nitro benzene ring substituents is 1. The number of likely N-dealkylation sites (tertiary alicyclic amines) is 1. The number of fused-ring (bicyclic) bond motifs is 2. The number of amides is 1. The van der Waals surface area contributed by atoms with E-state index in [0.717, 1.165) is 13.2 Å². The summed E-state index contributed by atoms with van der Waals surface area (Å²) in [6.45, 7) is 5.14. The van der Waals surface area contributed by atoms with Crippen LogP contribution in [0.5, 0.6) is 0 Å². The lowest BCUT2D eigenvalue weighted by molar-refractivity contribution is -0.528. The molecule has 3 aromatic carbocycles. The summed E-state index contributed by atoms with van der Waals surface area (Å²) in [7, 11) is 1.11. The van der Waals surface area contributed by atoms with E-state index in [2.05, 4.69) is 5.32 Å². The summed E-state index contributed by atoms with van der Waals surface area (Å²) in [5, 5.41) is 28.0. The molecule has 2 aliphatic heterocycles. The van der Waals surface area contributed by atoms with Crippen molar-refractivity contribution >= 4 is 52.2 Å². The number of anilines is 1. The molecule has 254 valence electrons. The molecule has 2 heterocycles. The first-order valence-corrected chi connectivity index (χ1v) is 15.3. The topological polar surface area (TPSA) is 162 Å². The highest BCUT2D eigenvalue weighted by atomic mass is 35.5. The van der Waals surface area contributed by atoms with Crippen LogP contribution in [0, 0.1) is 38.9 Å². The molecule has 1 spiro atoms. The van der Waals surface area contributed by atoms with Crippen LogP contribution >= 0.6 is 23.2 Å². The monoisotopic (exact) mass is 702 g/mol. The van der Waals surface area contributed by atoms with Gasteiger partial charge >= 0.3 is 5.97 Å². The van der Waals surface area contributed by atoms with Crippen molar-refractivity contribution in [3.05, 3.63) is 112 Å². The highest BCUT2D eigenvalue weighted by Crippen LogP contribution is 2.59. The largest absolute Gasteiger partial charge is 0.465 e. The van der Waals surface area contributed by atoms with E-state index in [1.807, 2.05) is 13.8 Å². The van der Waals surface area contributed by atoms with E-state index in [1.54, 1.807) is 11.0 Å². The number of halogens is 3. The zero-order valence-corrected chi connectivity index (χ0v) is 27.1. The van der Waals surface area contributed by atoms with Gasteiger partial charge in [0.2, 0.25) is 6.04 Å². The molecule has 5 rings (SSSR count). The molecule has 0 aliphatic carbocycles. The van der Waals surface area contributed by atoms with Crippen molar-refractivity contribution in [2.75, 3.05) is 19.0 Å². The first-order chi connectivity index (χ1) is 22.1. The van der Waals surface area contributed by atoms with Gasteiger partial charge in [0.1, 0.15) is 11.4 Å². The van der Waals surface area contributed by atoms with Gasteiger partial charge in [-0.3, -0.25) is 34.7 Å². The van der Waals surface area contributed by atoms with Gasteiger partial charge in [0.25, 0.3) is 11.6 Å². The van der Waals surface area contributed by atoms with Crippen molar-refractivity contribution in [2.45, 2.75) is 58.2 Å². The summed E-state index contributed by atoms with van der Waals surface area (Å²) >= 11 is 12.4. The number of nitro groups is 2. The van der Waals surface area contributed by atoms with Gasteiger partial charge in [-0.1, -0.05) is 62.7 Å². The molecule has 3 aromatic rings. The lowest BCUT2D eigenvalue weighted by Gasteiger charge is -2.39. The summed E-state index contributed by atoms with van der Waals surface area (Å²) < 4.78 is 20.7. The Hall–Kier alpha value is -4.46. The second kappa shape index (κ2) is 13.6. The Balaban J connectivity index is 0.00000520. The summed E-state index contributed by atoms with van der Waals surface area (Å²) in [5.74, 6) is -5.07. The third-order valence-corrected chi connectivity index (χ3v) is 9.31. The standard InChI is InChI=1S/C32H29Cl2FN4O8.CH4/c1-15(2)14-37-25(13-26(40)20-10-16(3)19(30(41)47-4)12-24(20)38(43)44)29(39(45)46)27(18-6-5-7-22(34)28(18)35)32(37)21-9-8-17(33)11-23(21)36-31(32)42;/h5-12,15,25,27,29H,13-14H2,1-4H3,(H,36,42);1H4/t25-,27-,29?,32+;/m0./s1. The molecular formula is C33H33Cl2FN4O8. The predicted octanol–water partition coefficient (Wildman–Crippen LogP) is 6.96. The van der Waals surface area contributed by atoms with E-state index in [1.165, 1.54) is 43.3 Å². The lowest BCUT2D eigenvalue weighted by Crippen LogP contribution is -2.53. The van der Waals surface area contributed by atoms with Crippen LogP contribution < -0.4 is 5.32 Å². The van der Waals surface area contributed by atoms with Crippen LogP contribution in [0.25, 0.3) is 0 Å². The summed E-state index contributed by atoms with van der Waals surface area (Å²) in [5.41, 5.74) is -2.56. The van der Waals surface area contributed by atoms with Gasteiger partial charge in [0.05, 0.1) is 40.1 Å². The van der Waals surface area contributed by atoms with Gasteiger partial charge in [0.15, 0.2) is 5.78 Å². The van der Waals surface area contributed by atoms with Crippen molar-refractivity contribution < 1.29 is 33.4 Å². The van der Waals surface area contributed by atoms with E-state index in [9.17, 15) is 34.6 Å². The maximum absolute atomic E-state index is 16.0. The minimum absolute atomic E-state index is 0. The van der Waals surface area contributed by atoms with E-state index >= 15 is 4.39 Å². The van der Waals surface area contributed by atoms with Crippen LogP contribution in [-0.4, -0.2) is 58.1 Å². The minimum atomic E-state index is -1.91. The Bertz CT molecular complexity index is 1850. The summed E-state index contributed by atoms with van der Waals surface area (Å²) in [4.78, 5) is 66.0. The van der Waals surface area contributed by atoms with Crippen molar-refractivity contribution in [2.24, 2.45) is 5.92 Å². The summed E-state index contributed by atoms with van der Waals surface area (Å²) in [6, 6.07) is 7.51. The molecule has 1 saturated heterocycles. The quantitative estimate of drug-likeness (QED) is 0.107. The molecule has 0 bridgehead atoms. The highest BCUT2D eigenvalue weighted by Gasteiger charge is 2.71. The summed E-state index contributed by atoms with van der Waals surface area (Å²) in [6.07, 6.45) is -0.660. The fraction of sp³-hybridized carbons (Fsp3) is 0.364. The number of carbonyl (C=O) groups is 3. The second-order valence-corrected chi connectivity index (χ2v) is 12.8. The van der Waals surface area contributed by atoms with Crippen molar-refractivity contribution in [3.8, 4) is 0 Å². The van der Waals surface area contributed by atoms with Gasteiger partial charge in [-0.25, -0.2) is 9.18 Å². The number of ether oxygens (including phenoxy) is 1. The van der Waals surface area contributed by atoms with Crippen LogP contribution in [0.3, 0.4) is 0 Å². The number of hydrogen-bond acceptors (Lipinski definition) is 9. The molecule has 48 heavy (non-hydrogen) atoms. The Morgan fingerprint density at radius 3 is 2.40 bits per heavy atom. The number of hydrogen-bond donors (Lipinski definition) is 1. The van der Waals surface area contributed by atoms with Gasteiger partial charge in [-0.15, -0.1) is 0 Å². The number of carbonyl (C=O) groups excluding carboxylic acids is 3. The predicted molar refractivity (Wildman–Crippen MR) is 177 cm³/mol. The van der Waals surface area contributed by atoms with E-state index in [4.69, 9.17) is 27.9 Å². The fourth-order valence-corrected chi connectivity index (χ4v) is 7.37. The van der Waals surface area contributed by atoms with E-state index < -0.39 is 69.0 Å². The van der Waals surface area contributed by atoms with Crippen LogP contribution in [-0.2, 0) is 15.1 Å². The molecule has 2 aliphatic rings. The average Bonchev–Trinajstić information content (AvgIpc) is 3.44. The van der Waals surface area contributed by atoms with E-state index in [0.29, 0.717) is 5.56 Å². The zero-order chi connectivity index (χ0) is 34.5. The van der Waals surface area contributed by atoms with E-state index in [-0.39, 0.29) is 57.9 Å². The molecule has 15 heteroatoms. The van der Waals surface area contributed by atoms with Crippen molar-refractivity contribution in [1.82, 2.24) is 4.90 Å². The zero-order valence-electron chi connectivity index (χ0n) is 25.6. The molecule has 0 saturated carbocycles. The van der Waals surface area contributed by atoms with Crippen LogP contribution in [0.2, 0.25) is 10.0 Å². The Morgan fingerprint density at radius 1 is 1.10 bits per heavy atom.